The zero-order valence-electron chi connectivity index (χ0n) is 8.08. The van der Waals surface area contributed by atoms with Crippen LogP contribution in [0.2, 0.25) is 0 Å². The summed E-state index contributed by atoms with van der Waals surface area (Å²) in [5.74, 6) is 0.928. The Kier molecular flexibility index (Phi) is 2.95. The van der Waals surface area contributed by atoms with Crippen molar-refractivity contribution in [2.75, 3.05) is 18.1 Å². The van der Waals surface area contributed by atoms with Crippen molar-refractivity contribution in [1.29, 1.82) is 5.41 Å². The van der Waals surface area contributed by atoms with E-state index >= 15 is 0 Å². The fourth-order valence-corrected chi connectivity index (χ4v) is 3.16. The summed E-state index contributed by atoms with van der Waals surface area (Å²) >= 11 is 0. The quantitative estimate of drug-likeness (QED) is 0.499. The van der Waals surface area contributed by atoms with Crippen LogP contribution in [0.25, 0.3) is 0 Å². The molecule has 1 heterocycles. The molecule has 0 spiro atoms. The van der Waals surface area contributed by atoms with Gasteiger partial charge in [-0.05, 0) is 6.92 Å². The van der Waals surface area contributed by atoms with Crippen LogP contribution in [-0.4, -0.2) is 43.2 Å². The Bertz CT molecular complexity index is 297. The molecule has 0 aromatic carbocycles. The Morgan fingerprint density at radius 1 is 1.62 bits per heavy atom. The van der Waals surface area contributed by atoms with Crippen molar-refractivity contribution in [2.45, 2.75) is 26.3 Å². The average molecular weight is 204 g/mol. The molecular weight excluding hydrogens is 188 g/mol. The van der Waals surface area contributed by atoms with Crippen LogP contribution in [0.5, 0.6) is 0 Å². The molecule has 1 aliphatic heterocycles. The van der Waals surface area contributed by atoms with E-state index in [1.165, 1.54) is 0 Å². The number of hydrogen-bond donors (Lipinski definition) is 1. The molecule has 4 nitrogen and oxygen atoms in total. The second kappa shape index (κ2) is 3.65. The molecule has 1 saturated heterocycles. The number of hydrogen-bond acceptors (Lipinski definition) is 3. The minimum Gasteiger partial charge on any atom is -0.356 e. The molecule has 1 unspecified atom stereocenters. The van der Waals surface area contributed by atoms with Gasteiger partial charge in [0.05, 0.1) is 17.3 Å². The van der Waals surface area contributed by atoms with Crippen LogP contribution in [0, 0.1) is 5.41 Å². The largest absolute Gasteiger partial charge is 0.356 e. The third-order valence-corrected chi connectivity index (χ3v) is 4.15. The van der Waals surface area contributed by atoms with Crippen molar-refractivity contribution in [2.24, 2.45) is 0 Å². The van der Waals surface area contributed by atoms with E-state index in [0.717, 1.165) is 0 Å². The van der Waals surface area contributed by atoms with E-state index in [4.69, 9.17) is 5.41 Å². The highest BCUT2D eigenvalue weighted by atomic mass is 32.2. The average Bonchev–Trinajstić information content (AvgIpc) is 2.01. The van der Waals surface area contributed by atoms with Crippen LogP contribution in [0.1, 0.15) is 20.3 Å². The second-order valence-electron chi connectivity index (χ2n) is 3.46. The lowest BCUT2D eigenvalue weighted by molar-refractivity contribution is 0.345. The van der Waals surface area contributed by atoms with E-state index in [0.29, 0.717) is 18.8 Å². The first kappa shape index (κ1) is 10.5. The van der Waals surface area contributed by atoms with Crippen molar-refractivity contribution >= 4 is 15.7 Å². The molecule has 0 saturated carbocycles. The van der Waals surface area contributed by atoms with Crippen molar-refractivity contribution in [3.63, 3.8) is 0 Å². The summed E-state index contributed by atoms with van der Waals surface area (Å²) in [4.78, 5) is 1.88. The summed E-state index contributed by atoms with van der Waals surface area (Å²) in [6.45, 7) is 4.26. The van der Waals surface area contributed by atoms with E-state index in [1.54, 1.807) is 0 Å². The summed E-state index contributed by atoms with van der Waals surface area (Å²) in [6.07, 6.45) is 0.671. The molecule has 0 radical (unpaired) electrons. The molecule has 0 aromatic heterocycles. The van der Waals surface area contributed by atoms with E-state index < -0.39 is 9.84 Å². The highest BCUT2D eigenvalue weighted by Gasteiger charge is 2.28. The summed E-state index contributed by atoms with van der Waals surface area (Å²) in [7, 11) is -2.84. The van der Waals surface area contributed by atoms with Gasteiger partial charge in [0.2, 0.25) is 0 Å². The molecule has 0 aliphatic carbocycles. The lowest BCUT2D eigenvalue weighted by atomic mass is 10.2. The molecule has 5 heteroatoms. The zero-order valence-corrected chi connectivity index (χ0v) is 8.89. The Morgan fingerprint density at radius 3 is 2.69 bits per heavy atom. The Balaban J connectivity index is 2.69. The molecule has 0 aromatic rings. The summed E-state index contributed by atoms with van der Waals surface area (Å²) in [6, 6.07) is -0.0359. The van der Waals surface area contributed by atoms with E-state index in [2.05, 4.69) is 0 Å². The Hall–Kier alpha value is -0.580. The Labute approximate surface area is 79.4 Å². The number of nitrogens with one attached hydrogen (secondary N) is 1. The van der Waals surface area contributed by atoms with Crippen molar-refractivity contribution in [3.05, 3.63) is 0 Å². The smallest absolute Gasteiger partial charge is 0.154 e. The second-order valence-corrected chi connectivity index (χ2v) is 5.69. The van der Waals surface area contributed by atoms with Crippen LogP contribution in [-0.2, 0) is 9.84 Å². The van der Waals surface area contributed by atoms with Gasteiger partial charge in [0.15, 0.2) is 9.84 Å². The van der Waals surface area contributed by atoms with Crippen molar-refractivity contribution in [1.82, 2.24) is 4.90 Å². The molecule has 1 atom stereocenters. The fraction of sp³-hybridized carbons (Fsp3) is 0.875. The van der Waals surface area contributed by atoms with Crippen molar-refractivity contribution in [3.8, 4) is 0 Å². The van der Waals surface area contributed by atoms with Gasteiger partial charge < -0.3 is 4.90 Å². The topological polar surface area (TPSA) is 61.2 Å². The van der Waals surface area contributed by atoms with Gasteiger partial charge in [-0.15, -0.1) is 0 Å². The maximum Gasteiger partial charge on any atom is 0.154 e. The van der Waals surface area contributed by atoms with Crippen LogP contribution < -0.4 is 0 Å². The SMILES string of the molecule is CCC(=N)N1CCS(=O)(=O)CC1C. The fourth-order valence-electron chi connectivity index (χ4n) is 1.60. The number of amidine groups is 1. The minimum atomic E-state index is -2.84. The molecular formula is C8H16N2O2S. The first-order chi connectivity index (χ1) is 5.96. The van der Waals surface area contributed by atoms with E-state index in [-0.39, 0.29) is 17.5 Å². The van der Waals surface area contributed by atoms with Gasteiger partial charge in [0.1, 0.15) is 0 Å². The van der Waals surface area contributed by atoms with Gasteiger partial charge in [-0.3, -0.25) is 5.41 Å². The maximum absolute atomic E-state index is 11.2. The summed E-state index contributed by atoms with van der Waals surface area (Å²) in [5, 5.41) is 7.62. The highest BCUT2D eigenvalue weighted by molar-refractivity contribution is 7.91. The van der Waals surface area contributed by atoms with Gasteiger partial charge in [0.25, 0.3) is 0 Å². The van der Waals surface area contributed by atoms with Gasteiger partial charge >= 0.3 is 0 Å². The molecule has 1 rings (SSSR count). The predicted molar refractivity (Wildman–Crippen MR) is 52.8 cm³/mol. The van der Waals surface area contributed by atoms with Gasteiger partial charge in [-0.2, -0.15) is 0 Å². The lowest BCUT2D eigenvalue weighted by Gasteiger charge is -2.34. The highest BCUT2D eigenvalue weighted by Crippen LogP contribution is 2.12. The molecule has 1 fully saturated rings. The summed E-state index contributed by atoms with van der Waals surface area (Å²) < 4.78 is 22.4. The van der Waals surface area contributed by atoms with Gasteiger partial charge in [-0.1, -0.05) is 6.92 Å². The standard InChI is InChI=1S/C8H16N2O2S/c1-3-8(9)10-4-5-13(11,12)6-7(10)2/h7,9H,3-6H2,1-2H3. The number of rotatable bonds is 1. The molecule has 0 bridgehead atoms. The van der Waals surface area contributed by atoms with E-state index in [1.807, 2.05) is 18.7 Å². The minimum absolute atomic E-state index is 0.0359. The van der Waals surface area contributed by atoms with Crippen LogP contribution in [0.15, 0.2) is 0 Å². The predicted octanol–water partition coefficient (Wildman–Crippen LogP) is 0.493. The molecule has 1 aliphatic rings. The van der Waals surface area contributed by atoms with Crippen LogP contribution in [0.4, 0.5) is 0 Å². The molecule has 13 heavy (non-hydrogen) atoms. The molecule has 76 valence electrons. The zero-order chi connectivity index (χ0) is 10.1. The number of nitrogens with zero attached hydrogens (tertiary/aromatic N) is 1. The summed E-state index contributed by atoms with van der Waals surface area (Å²) in [5.41, 5.74) is 0. The Morgan fingerprint density at radius 2 is 2.23 bits per heavy atom. The van der Waals surface area contributed by atoms with E-state index in [9.17, 15) is 8.42 Å². The van der Waals surface area contributed by atoms with Gasteiger partial charge in [0, 0.05) is 19.0 Å². The number of sulfone groups is 1. The van der Waals surface area contributed by atoms with Gasteiger partial charge in [-0.25, -0.2) is 8.42 Å². The third kappa shape index (κ3) is 2.43. The molecule has 1 N–H and O–H groups in total. The third-order valence-electron chi connectivity index (χ3n) is 2.35. The maximum atomic E-state index is 11.2. The van der Waals surface area contributed by atoms with Crippen LogP contribution >= 0.6 is 0 Å². The van der Waals surface area contributed by atoms with Crippen molar-refractivity contribution < 1.29 is 8.42 Å². The van der Waals surface area contributed by atoms with Crippen LogP contribution in [0.3, 0.4) is 0 Å². The lowest BCUT2D eigenvalue weighted by Crippen LogP contribution is -2.49. The molecule has 0 amide bonds. The monoisotopic (exact) mass is 204 g/mol. The first-order valence-corrected chi connectivity index (χ1v) is 6.33. The first-order valence-electron chi connectivity index (χ1n) is 4.50. The normalized spacial score (nSPS) is 27.2.